The molecule has 168 valence electrons. The second kappa shape index (κ2) is 11.0. The molecule has 0 fully saturated rings. The van der Waals surface area contributed by atoms with Crippen LogP contribution >= 0.6 is 35.1 Å². The molecule has 3 aromatic rings. The minimum absolute atomic E-state index is 0.156. The van der Waals surface area contributed by atoms with E-state index in [0.29, 0.717) is 33.3 Å². The molecule has 0 saturated carbocycles. The molecule has 0 aliphatic heterocycles. The molecule has 1 aromatic carbocycles. The average Bonchev–Trinajstić information content (AvgIpc) is 3.09. The van der Waals surface area contributed by atoms with Gasteiger partial charge >= 0.3 is 0 Å². The molecule has 0 spiro atoms. The summed E-state index contributed by atoms with van der Waals surface area (Å²) in [4.78, 5) is 21.4. The number of aromatic nitrogens is 5. The zero-order valence-electron chi connectivity index (χ0n) is 18.5. The molecule has 10 heteroatoms. The van der Waals surface area contributed by atoms with E-state index in [-0.39, 0.29) is 11.7 Å². The lowest BCUT2D eigenvalue weighted by Crippen LogP contribution is -2.16. The van der Waals surface area contributed by atoms with Crippen molar-refractivity contribution in [2.24, 2.45) is 0 Å². The first kappa shape index (κ1) is 24.3. The average molecular weight is 489 g/mol. The number of carbonyl (C=O) groups excluding carboxylic acids is 1. The number of rotatable bonds is 9. The maximum absolute atomic E-state index is 12.5. The summed E-state index contributed by atoms with van der Waals surface area (Å²) in [6.07, 6.45) is 1.78. The lowest BCUT2D eigenvalue weighted by molar-refractivity contribution is -0.113. The molecule has 32 heavy (non-hydrogen) atoms. The van der Waals surface area contributed by atoms with Crippen molar-refractivity contribution >= 4 is 46.7 Å². The molecule has 0 aliphatic rings. The first-order valence-corrected chi connectivity index (χ1v) is 12.3. The summed E-state index contributed by atoms with van der Waals surface area (Å²) in [5, 5.41) is 13.4. The van der Waals surface area contributed by atoms with E-state index < -0.39 is 0 Å². The van der Waals surface area contributed by atoms with Crippen LogP contribution < -0.4 is 5.32 Å². The largest absolute Gasteiger partial charge is 0.324 e. The highest BCUT2D eigenvalue weighted by Gasteiger charge is 2.16. The maximum Gasteiger partial charge on any atom is 0.234 e. The number of allylic oxidation sites excluding steroid dienone is 1. The molecular weight excluding hydrogens is 464 g/mol. The van der Waals surface area contributed by atoms with Gasteiger partial charge in [-0.3, -0.25) is 4.79 Å². The highest BCUT2D eigenvalue weighted by atomic mass is 35.5. The van der Waals surface area contributed by atoms with Crippen LogP contribution in [0.1, 0.15) is 28.3 Å². The molecular formula is C22H25ClN6OS2. The van der Waals surface area contributed by atoms with Gasteiger partial charge in [0, 0.05) is 17.9 Å². The van der Waals surface area contributed by atoms with E-state index in [0.717, 1.165) is 28.3 Å². The van der Waals surface area contributed by atoms with E-state index in [4.69, 9.17) is 11.6 Å². The number of aryl methyl sites for hydroxylation is 4. The minimum atomic E-state index is -0.156. The van der Waals surface area contributed by atoms with Crippen LogP contribution in [0.5, 0.6) is 0 Å². The molecule has 1 N–H and O–H groups in total. The number of hydrogen-bond donors (Lipinski definition) is 1. The molecule has 1 amide bonds. The Bertz CT molecular complexity index is 1100. The number of thioether (sulfide) groups is 2. The van der Waals surface area contributed by atoms with Crippen molar-refractivity contribution in [2.75, 3.05) is 11.1 Å². The molecule has 2 aromatic heterocycles. The van der Waals surface area contributed by atoms with Crippen LogP contribution in [-0.2, 0) is 17.1 Å². The Hall–Kier alpha value is -2.36. The molecule has 0 bridgehead atoms. The Balaban J connectivity index is 1.66. The predicted octanol–water partition coefficient (Wildman–Crippen LogP) is 5.16. The van der Waals surface area contributed by atoms with Crippen LogP contribution in [0.2, 0.25) is 5.02 Å². The fourth-order valence-electron chi connectivity index (χ4n) is 3.11. The zero-order valence-corrected chi connectivity index (χ0v) is 20.9. The van der Waals surface area contributed by atoms with Gasteiger partial charge in [0.25, 0.3) is 0 Å². The van der Waals surface area contributed by atoms with Crippen molar-refractivity contribution in [3.05, 3.63) is 64.2 Å². The van der Waals surface area contributed by atoms with Gasteiger partial charge in [0.05, 0.1) is 22.2 Å². The Morgan fingerprint density at radius 2 is 1.84 bits per heavy atom. The molecule has 2 heterocycles. The second-order valence-electron chi connectivity index (χ2n) is 7.30. The Morgan fingerprint density at radius 3 is 2.50 bits per heavy atom. The highest BCUT2D eigenvalue weighted by molar-refractivity contribution is 7.99. The number of halogens is 1. The Kier molecular flexibility index (Phi) is 8.33. The van der Waals surface area contributed by atoms with Crippen molar-refractivity contribution in [1.82, 2.24) is 24.7 Å². The minimum Gasteiger partial charge on any atom is -0.324 e. The van der Waals surface area contributed by atoms with E-state index in [2.05, 4.69) is 32.1 Å². The van der Waals surface area contributed by atoms with Gasteiger partial charge in [0.1, 0.15) is 5.82 Å². The lowest BCUT2D eigenvalue weighted by atomic mass is 10.1. The number of benzene rings is 1. The summed E-state index contributed by atoms with van der Waals surface area (Å²) < 4.78 is 1.95. The molecule has 0 atom stereocenters. The van der Waals surface area contributed by atoms with Crippen LogP contribution in [0.15, 0.2) is 41.2 Å². The normalized spacial score (nSPS) is 10.9. The fraction of sp³-hybridized carbons (Fsp3) is 0.318. The van der Waals surface area contributed by atoms with Gasteiger partial charge < -0.3 is 9.88 Å². The third-order valence-electron chi connectivity index (χ3n) is 4.43. The summed E-state index contributed by atoms with van der Waals surface area (Å²) in [7, 11) is 0. The predicted molar refractivity (Wildman–Crippen MR) is 132 cm³/mol. The summed E-state index contributed by atoms with van der Waals surface area (Å²) in [6, 6.07) is 5.76. The van der Waals surface area contributed by atoms with Crippen LogP contribution in [0, 0.1) is 27.7 Å². The van der Waals surface area contributed by atoms with Gasteiger partial charge in [-0.1, -0.05) is 47.3 Å². The second-order valence-corrected chi connectivity index (χ2v) is 9.59. The number of nitrogens with zero attached hydrogens (tertiary/aromatic N) is 5. The Morgan fingerprint density at radius 1 is 1.12 bits per heavy atom. The molecule has 0 saturated heterocycles. The molecule has 3 rings (SSSR count). The van der Waals surface area contributed by atoms with Gasteiger partial charge in [-0.25, -0.2) is 9.97 Å². The van der Waals surface area contributed by atoms with Crippen molar-refractivity contribution in [3.8, 4) is 0 Å². The van der Waals surface area contributed by atoms with E-state index in [1.165, 1.54) is 23.5 Å². The van der Waals surface area contributed by atoms with Gasteiger partial charge in [-0.2, -0.15) is 0 Å². The van der Waals surface area contributed by atoms with E-state index in [9.17, 15) is 4.79 Å². The quantitative estimate of drug-likeness (QED) is 0.253. The van der Waals surface area contributed by atoms with Crippen molar-refractivity contribution in [1.29, 1.82) is 0 Å². The Labute approximate surface area is 201 Å². The molecule has 0 aliphatic carbocycles. The van der Waals surface area contributed by atoms with Crippen LogP contribution in [-0.4, -0.2) is 36.4 Å². The van der Waals surface area contributed by atoms with Crippen molar-refractivity contribution in [2.45, 2.75) is 50.3 Å². The number of nitrogens with one attached hydrogen (secondary N) is 1. The summed E-state index contributed by atoms with van der Waals surface area (Å²) >= 11 is 9.12. The standard InChI is InChI=1S/C22H25ClN6OS2/c1-6-7-29-18(11-31-21-24-15(4)10-16(5)25-21)27-28-22(29)32-12-19(30)26-20-14(3)8-13(2)9-17(20)23/h6,8-10H,1,7,11-12H2,2-5H3,(H,26,30). The van der Waals surface area contributed by atoms with Crippen LogP contribution in [0.3, 0.4) is 0 Å². The van der Waals surface area contributed by atoms with Gasteiger partial charge in [-0.15, -0.1) is 16.8 Å². The summed E-state index contributed by atoms with van der Waals surface area (Å²) in [5.41, 5.74) is 4.48. The summed E-state index contributed by atoms with van der Waals surface area (Å²) in [5.74, 6) is 1.37. The van der Waals surface area contributed by atoms with E-state index in [1.807, 2.05) is 50.5 Å². The molecule has 0 unspecified atom stereocenters. The van der Waals surface area contributed by atoms with Crippen molar-refractivity contribution < 1.29 is 4.79 Å². The van der Waals surface area contributed by atoms with Gasteiger partial charge in [-0.05, 0) is 51.0 Å². The van der Waals surface area contributed by atoms with Gasteiger partial charge in [0.2, 0.25) is 5.91 Å². The zero-order chi connectivity index (χ0) is 23.3. The van der Waals surface area contributed by atoms with Crippen LogP contribution in [0.25, 0.3) is 0 Å². The molecule has 0 radical (unpaired) electrons. The summed E-state index contributed by atoms with van der Waals surface area (Å²) in [6.45, 7) is 12.2. The van der Waals surface area contributed by atoms with E-state index in [1.54, 1.807) is 6.08 Å². The maximum atomic E-state index is 12.5. The fourth-order valence-corrected chi connectivity index (χ4v) is 5.14. The number of hydrogen-bond acceptors (Lipinski definition) is 7. The van der Waals surface area contributed by atoms with Gasteiger partial charge in [0.15, 0.2) is 10.3 Å². The van der Waals surface area contributed by atoms with Crippen molar-refractivity contribution in [3.63, 3.8) is 0 Å². The third kappa shape index (κ3) is 6.34. The topological polar surface area (TPSA) is 85.6 Å². The van der Waals surface area contributed by atoms with E-state index >= 15 is 0 Å². The number of carbonyl (C=O) groups is 1. The first-order chi connectivity index (χ1) is 15.3. The number of amides is 1. The monoisotopic (exact) mass is 488 g/mol. The lowest BCUT2D eigenvalue weighted by Gasteiger charge is -2.12. The SMILES string of the molecule is C=CCn1c(CSc2nc(C)cc(C)n2)nnc1SCC(=O)Nc1c(C)cc(C)cc1Cl. The third-order valence-corrected chi connectivity index (χ3v) is 6.53. The number of anilines is 1. The first-order valence-electron chi connectivity index (χ1n) is 9.94. The molecule has 7 nitrogen and oxygen atoms in total. The highest BCUT2D eigenvalue weighted by Crippen LogP contribution is 2.28. The van der Waals surface area contributed by atoms with Crippen LogP contribution in [0.4, 0.5) is 5.69 Å². The smallest absolute Gasteiger partial charge is 0.234 e.